The van der Waals surface area contributed by atoms with Gasteiger partial charge < -0.3 is 9.80 Å². The molecule has 1 amide bonds. The third kappa shape index (κ3) is 4.68. The molecule has 0 saturated carbocycles. The van der Waals surface area contributed by atoms with Gasteiger partial charge in [0.2, 0.25) is 0 Å². The fraction of sp³-hybridized carbons (Fsp3) is 0.294. The Hall–Kier alpha value is -2.20. The summed E-state index contributed by atoms with van der Waals surface area (Å²) < 4.78 is 0. The summed E-state index contributed by atoms with van der Waals surface area (Å²) in [4.78, 5) is 20.6. The van der Waals surface area contributed by atoms with Gasteiger partial charge in [-0.1, -0.05) is 30.3 Å². The molecule has 0 spiro atoms. The number of benzene rings is 1. The maximum atomic E-state index is 12.6. The molecular weight excluding hydrogens is 262 g/mol. The molecule has 0 aliphatic heterocycles. The molecule has 1 heterocycles. The van der Waals surface area contributed by atoms with E-state index in [1.54, 1.807) is 24.5 Å². The van der Waals surface area contributed by atoms with E-state index in [4.69, 9.17) is 0 Å². The molecule has 0 radical (unpaired) electrons. The van der Waals surface area contributed by atoms with Crippen molar-refractivity contribution in [1.82, 2.24) is 14.8 Å². The number of hydrogen-bond donors (Lipinski definition) is 0. The van der Waals surface area contributed by atoms with E-state index in [0.29, 0.717) is 18.7 Å². The first-order valence-electron chi connectivity index (χ1n) is 7.05. The Balaban J connectivity index is 2.13. The minimum atomic E-state index is 0.0445. The highest BCUT2D eigenvalue weighted by molar-refractivity contribution is 5.94. The molecule has 0 saturated heterocycles. The van der Waals surface area contributed by atoms with Gasteiger partial charge in [0.15, 0.2) is 0 Å². The Kier molecular flexibility index (Phi) is 5.46. The summed E-state index contributed by atoms with van der Waals surface area (Å²) in [6.45, 7) is 2.16. The molecule has 1 aromatic carbocycles. The van der Waals surface area contributed by atoms with Gasteiger partial charge in [-0.15, -0.1) is 0 Å². The van der Waals surface area contributed by atoms with E-state index in [2.05, 4.69) is 9.88 Å². The fourth-order valence-electron chi connectivity index (χ4n) is 2.05. The van der Waals surface area contributed by atoms with Crippen LogP contribution in [0.4, 0.5) is 0 Å². The van der Waals surface area contributed by atoms with Crippen LogP contribution in [-0.2, 0) is 6.54 Å². The Morgan fingerprint density at radius 3 is 2.29 bits per heavy atom. The quantitative estimate of drug-likeness (QED) is 0.816. The maximum absolute atomic E-state index is 12.6. The second kappa shape index (κ2) is 7.55. The van der Waals surface area contributed by atoms with Gasteiger partial charge in [-0.2, -0.15) is 0 Å². The molecule has 110 valence electrons. The zero-order chi connectivity index (χ0) is 15.1. The summed E-state index contributed by atoms with van der Waals surface area (Å²) in [5.41, 5.74) is 1.82. The van der Waals surface area contributed by atoms with Gasteiger partial charge in [0.05, 0.1) is 0 Å². The number of aromatic nitrogens is 1. The molecular formula is C17H21N3O. The van der Waals surface area contributed by atoms with Gasteiger partial charge in [-0.25, -0.2) is 0 Å². The van der Waals surface area contributed by atoms with Crippen molar-refractivity contribution in [3.05, 3.63) is 66.0 Å². The van der Waals surface area contributed by atoms with Gasteiger partial charge in [0, 0.05) is 37.6 Å². The van der Waals surface area contributed by atoms with Gasteiger partial charge in [-0.3, -0.25) is 9.78 Å². The molecule has 0 N–H and O–H groups in total. The van der Waals surface area contributed by atoms with E-state index in [0.717, 1.165) is 12.1 Å². The summed E-state index contributed by atoms with van der Waals surface area (Å²) >= 11 is 0. The van der Waals surface area contributed by atoms with Gasteiger partial charge in [0.25, 0.3) is 5.91 Å². The number of amides is 1. The topological polar surface area (TPSA) is 36.4 Å². The smallest absolute Gasteiger partial charge is 0.254 e. The van der Waals surface area contributed by atoms with E-state index < -0.39 is 0 Å². The predicted molar refractivity (Wildman–Crippen MR) is 84.0 cm³/mol. The highest BCUT2D eigenvalue weighted by atomic mass is 16.2. The van der Waals surface area contributed by atoms with Gasteiger partial charge >= 0.3 is 0 Å². The molecule has 0 atom stereocenters. The number of carbonyl (C=O) groups excluding carboxylic acids is 1. The SMILES string of the molecule is CN(C)CCN(Cc1ccccc1)C(=O)c1ccncc1. The summed E-state index contributed by atoms with van der Waals surface area (Å²) in [5.74, 6) is 0.0445. The molecule has 0 aliphatic rings. The molecule has 4 heteroatoms. The van der Waals surface area contributed by atoms with Crippen molar-refractivity contribution in [3.63, 3.8) is 0 Å². The van der Waals surface area contributed by atoms with Crippen LogP contribution in [0, 0.1) is 0 Å². The summed E-state index contributed by atoms with van der Waals surface area (Å²) in [6, 6.07) is 13.6. The van der Waals surface area contributed by atoms with Crippen molar-refractivity contribution in [3.8, 4) is 0 Å². The average Bonchev–Trinajstić information content (AvgIpc) is 2.52. The molecule has 1 aromatic heterocycles. The van der Waals surface area contributed by atoms with Gasteiger partial charge in [0.1, 0.15) is 0 Å². The normalized spacial score (nSPS) is 10.6. The van der Waals surface area contributed by atoms with Crippen molar-refractivity contribution in [2.24, 2.45) is 0 Å². The van der Waals surface area contributed by atoms with Crippen LogP contribution < -0.4 is 0 Å². The predicted octanol–water partition coefficient (Wildman–Crippen LogP) is 2.29. The van der Waals surface area contributed by atoms with Crippen molar-refractivity contribution in [2.45, 2.75) is 6.54 Å². The number of hydrogen-bond acceptors (Lipinski definition) is 3. The molecule has 0 bridgehead atoms. The van der Waals surface area contributed by atoms with Crippen LogP contribution >= 0.6 is 0 Å². The number of nitrogens with zero attached hydrogens (tertiary/aromatic N) is 3. The number of likely N-dealkylation sites (N-methyl/N-ethyl adjacent to an activating group) is 1. The first-order chi connectivity index (χ1) is 10.2. The van der Waals surface area contributed by atoms with Crippen LogP contribution in [0.5, 0.6) is 0 Å². The fourth-order valence-corrected chi connectivity index (χ4v) is 2.05. The van der Waals surface area contributed by atoms with Crippen molar-refractivity contribution < 1.29 is 4.79 Å². The van der Waals surface area contributed by atoms with Crippen LogP contribution in [-0.4, -0.2) is 47.9 Å². The van der Waals surface area contributed by atoms with Gasteiger partial charge in [-0.05, 0) is 31.8 Å². The molecule has 0 unspecified atom stereocenters. The third-order valence-electron chi connectivity index (χ3n) is 3.25. The summed E-state index contributed by atoms with van der Waals surface area (Å²) in [7, 11) is 4.02. The largest absolute Gasteiger partial charge is 0.333 e. The van der Waals surface area contributed by atoms with Crippen LogP contribution in [0.2, 0.25) is 0 Å². The zero-order valence-corrected chi connectivity index (χ0v) is 12.6. The lowest BCUT2D eigenvalue weighted by atomic mass is 10.2. The highest BCUT2D eigenvalue weighted by Crippen LogP contribution is 2.09. The average molecular weight is 283 g/mol. The third-order valence-corrected chi connectivity index (χ3v) is 3.25. The molecule has 21 heavy (non-hydrogen) atoms. The Bertz CT molecular complexity index is 555. The monoisotopic (exact) mass is 283 g/mol. The van der Waals surface area contributed by atoms with E-state index in [-0.39, 0.29) is 5.91 Å². The number of carbonyl (C=O) groups is 1. The van der Waals surface area contributed by atoms with E-state index in [1.807, 2.05) is 49.3 Å². The second-order valence-corrected chi connectivity index (χ2v) is 5.25. The van der Waals surface area contributed by atoms with E-state index in [9.17, 15) is 4.79 Å². The molecule has 2 aromatic rings. The minimum absolute atomic E-state index is 0.0445. The summed E-state index contributed by atoms with van der Waals surface area (Å²) in [6.07, 6.45) is 3.31. The lowest BCUT2D eigenvalue weighted by molar-refractivity contribution is 0.0732. The minimum Gasteiger partial charge on any atom is -0.333 e. The number of pyridine rings is 1. The molecule has 0 aliphatic carbocycles. The number of rotatable bonds is 6. The Morgan fingerprint density at radius 1 is 1.00 bits per heavy atom. The van der Waals surface area contributed by atoms with E-state index >= 15 is 0 Å². The van der Waals surface area contributed by atoms with Crippen LogP contribution in [0.25, 0.3) is 0 Å². The maximum Gasteiger partial charge on any atom is 0.254 e. The Morgan fingerprint density at radius 2 is 1.67 bits per heavy atom. The van der Waals surface area contributed by atoms with Crippen molar-refractivity contribution in [1.29, 1.82) is 0 Å². The van der Waals surface area contributed by atoms with Crippen LogP contribution in [0.1, 0.15) is 15.9 Å². The summed E-state index contributed by atoms with van der Waals surface area (Å²) in [5, 5.41) is 0. The molecule has 2 rings (SSSR count). The highest BCUT2D eigenvalue weighted by Gasteiger charge is 2.16. The van der Waals surface area contributed by atoms with Crippen LogP contribution in [0.15, 0.2) is 54.9 Å². The molecule has 4 nitrogen and oxygen atoms in total. The zero-order valence-electron chi connectivity index (χ0n) is 12.6. The lowest BCUT2D eigenvalue weighted by Crippen LogP contribution is -2.36. The second-order valence-electron chi connectivity index (χ2n) is 5.25. The van der Waals surface area contributed by atoms with Crippen LogP contribution in [0.3, 0.4) is 0 Å². The van der Waals surface area contributed by atoms with Crippen molar-refractivity contribution in [2.75, 3.05) is 27.2 Å². The first kappa shape index (κ1) is 15.2. The lowest BCUT2D eigenvalue weighted by Gasteiger charge is -2.24. The Labute approximate surface area is 126 Å². The van der Waals surface area contributed by atoms with E-state index in [1.165, 1.54) is 0 Å². The first-order valence-corrected chi connectivity index (χ1v) is 7.05. The standard InChI is InChI=1S/C17H21N3O/c1-19(2)12-13-20(14-15-6-4-3-5-7-15)17(21)16-8-10-18-11-9-16/h3-11H,12-14H2,1-2H3. The van der Waals surface area contributed by atoms with Crippen molar-refractivity contribution >= 4 is 5.91 Å². The molecule has 0 fully saturated rings.